The van der Waals surface area contributed by atoms with Gasteiger partial charge in [0.15, 0.2) is 11.6 Å². The number of aromatic nitrogens is 1. The first-order valence-electron chi connectivity index (χ1n) is 4.06. The van der Waals surface area contributed by atoms with Crippen molar-refractivity contribution < 1.29 is 9.45 Å². The normalized spacial score (nSPS) is 10.5. The van der Waals surface area contributed by atoms with Crippen molar-refractivity contribution in [1.29, 1.82) is 0 Å². The van der Waals surface area contributed by atoms with Crippen molar-refractivity contribution in [2.75, 3.05) is 5.73 Å². The standard InChI is InChI=1S/C8H7N3O3S/c1-4-7(14-10-8(4)9)5-2-3-6(15-5)11(12)13/h2-3H,1H3,(H2,9,10). The zero-order valence-electron chi connectivity index (χ0n) is 7.76. The number of anilines is 1. The third-order valence-corrected chi connectivity index (χ3v) is 2.99. The summed E-state index contributed by atoms with van der Waals surface area (Å²) in [7, 11) is 0. The van der Waals surface area contributed by atoms with Gasteiger partial charge in [0, 0.05) is 11.6 Å². The molecule has 0 saturated heterocycles. The van der Waals surface area contributed by atoms with Crippen molar-refractivity contribution in [3.8, 4) is 10.6 Å². The molecule has 0 fully saturated rings. The number of nitrogen functional groups attached to an aromatic ring is 1. The Morgan fingerprint density at radius 3 is 2.80 bits per heavy atom. The second-order valence-corrected chi connectivity index (χ2v) is 3.98. The molecule has 6 nitrogen and oxygen atoms in total. The van der Waals surface area contributed by atoms with Gasteiger partial charge in [-0.2, -0.15) is 0 Å². The molecular weight excluding hydrogens is 218 g/mol. The first-order chi connectivity index (χ1) is 7.09. The van der Waals surface area contributed by atoms with E-state index in [1.165, 1.54) is 6.07 Å². The predicted molar refractivity (Wildman–Crippen MR) is 55.6 cm³/mol. The fraction of sp³-hybridized carbons (Fsp3) is 0.125. The molecule has 0 aliphatic heterocycles. The monoisotopic (exact) mass is 225 g/mol. The topological polar surface area (TPSA) is 95.2 Å². The van der Waals surface area contributed by atoms with Crippen LogP contribution in [-0.4, -0.2) is 10.1 Å². The Bertz CT molecular complexity index is 517. The van der Waals surface area contributed by atoms with Gasteiger partial charge in [0.05, 0.1) is 9.80 Å². The summed E-state index contributed by atoms with van der Waals surface area (Å²) in [5.41, 5.74) is 6.21. The Morgan fingerprint density at radius 1 is 1.60 bits per heavy atom. The lowest BCUT2D eigenvalue weighted by Crippen LogP contribution is -1.85. The molecule has 0 aromatic carbocycles. The summed E-state index contributed by atoms with van der Waals surface area (Å²) < 4.78 is 4.99. The summed E-state index contributed by atoms with van der Waals surface area (Å²) in [6.45, 7) is 1.76. The number of nitrogens with two attached hydrogens (primary N) is 1. The summed E-state index contributed by atoms with van der Waals surface area (Å²) >= 11 is 1.03. The van der Waals surface area contributed by atoms with Crippen LogP contribution >= 0.6 is 11.3 Å². The van der Waals surface area contributed by atoms with E-state index in [4.69, 9.17) is 10.3 Å². The smallest absolute Gasteiger partial charge is 0.324 e. The number of nitrogens with zero attached hydrogens (tertiary/aromatic N) is 2. The van der Waals surface area contributed by atoms with E-state index < -0.39 is 4.92 Å². The zero-order chi connectivity index (χ0) is 11.0. The van der Waals surface area contributed by atoms with Gasteiger partial charge in [0.2, 0.25) is 0 Å². The van der Waals surface area contributed by atoms with Crippen LogP contribution in [-0.2, 0) is 0 Å². The molecule has 2 rings (SSSR count). The molecule has 78 valence electrons. The van der Waals surface area contributed by atoms with E-state index in [-0.39, 0.29) is 5.00 Å². The van der Waals surface area contributed by atoms with Crippen molar-refractivity contribution in [3.05, 3.63) is 27.8 Å². The maximum Gasteiger partial charge on any atom is 0.324 e. The average Bonchev–Trinajstić information content (AvgIpc) is 2.76. The van der Waals surface area contributed by atoms with Crippen molar-refractivity contribution in [2.45, 2.75) is 6.92 Å². The molecule has 0 aliphatic rings. The molecule has 2 N–H and O–H groups in total. The predicted octanol–water partition coefficient (Wildman–Crippen LogP) is 2.20. The van der Waals surface area contributed by atoms with Crippen LogP contribution in [0.3, 0.4) is 0 Å². The molecule has 0 unspecified atom stereocenters. The molecule has 2 heterocycles. The minimum atomic E-state index is -0.441. The minimum Gasteiger partial charge on any atom is -0.381 e. The fourth-order valence-electron chi connectivity index (χ4n) is 1.13. The maximum atomic E-state index is 10.5. The van der Waals surface area contributed by atoms with Crippen molar-refractivity contribution in [3.63, 3.8) is 0 Å². The van der Waals surface area contributed by atoms with Crippen LogP contribution in [0, 0.1) is 17.0 Å². The lowest BCUT2D eigenvalue weighted by Gasteiger charge is -1.89. The molecule has 0 saturated carbocycles. The summed E-state index contributed by atoms with van der Waals surface area (Å²) in [6.07, 6.45) is 0. The Kier molecular flexibility index (Phi) is 2.16. The van der Waals surface area contributed by atoms with Crippen LogP contribution in [0.5, 0.6) is 0 Å². The highest BCUT2D eigenvalue weighted by Crippen LogP contribution is 2.35. The van der Waals surface area contributed by atoms with Gasteiger partial charge in [0.25, 0.3) is 0 Å². The van der Waals surface area contributed by atoms with Crippen molar-refractivity contribution in [1.82, 2.24) is 5.16 Å². The Balaban J connectivity index is 2.46. The third-order valence-electron chi connectivity index (χ3n) is 1.96. The SMILES string of the molecule is Cc1c(N)noc1-c1ccc([N+](=O)[O-])s1. The fourth-order valence-corrected chi connectivity index (χ4v) is 1.98. The molecule has 2 aromatic rings. The lowest BCUT2D eigenvalue weighted by molar-refractivity contribution is -0.380. The number of thiophene rings is 1. The van der Waals surface area contributed by atoms with Crippen LogP contribution in [0.15, 0.2) is 16.7 Å². The number of nitro groups is 1. The van der Waals surface area contributed by atoms with E-state index in [1.807, 2.05) is 0 Å². The molecule has 0 spiro atoms. The van der Waals surface area contributed by atoms with E-state index in [0.29, 0.717) is 22.0 Å². The third kappa shape index (κ3) is 1.57. The minimum absolute atomic E-state index is 0.0689. The van der Waals surface area contributed by atoms with Crippen molar-refractivity contribution >= 4 is 22.2 Å². The van der Waals surface area contributed by atoms with Gasteiger partial charge in [0.1, 0.15) is 0 Å². The van der Waals surface area contributed by atoms with Crippen LogP contribution in [0.2, 0.25) is 0 Å². The van der Waals surface area contributed by atoms with Crippen LogP contribution in [0.1, 0.15) is 5.56 Å². The molecule has 15 heavy (non-hydrogen) atoms. The van der Waals surface area contributed by atoms with Gasteiger partial charge in [-0.15, -0.1) is 0 Å². The second-order valence-electron chi connectivity index (χ2n) is 2.92. The summed E-state index contributed by atoms with van der Waals surface area (Å²) in [5, 5.41) is 14.1. The second kappa shape index (κ2) is 3.35. The molecule has 0 aliphatic carbocycles. The maximum absolute atomic E-state index is 10.5. The molecular formula is C8H7N3O3S. The van der Waals surface area contributed by atoms with Gasteiger partial charge in [-0.25, -0.2) is 0 Å². The number of rotatable bonds is 2. The summed E-state index contributed by atoms with van der Waals surface area (Å²) in [5.74, 6) is 0.798. The zero-order valence-corrected chi connectivity index (χ0v) is 8.58. The van der Waals surface area contributed by atoms with E-state index in [2.05, 4.69) is 5.16 Å². The van der Waals surface area contributed by atoms with E-state index >= 15 is 0 Å². The Labute approximate surface area is 88.5 Å². The Hall–Kier alpha value is -1.89. The van der Waals surface area contributed by atoms with Crippen LogP contribution in [0.4, 0.5) is 10.8 Å². The van der Waals surface area contributed by atoms with Gasteiger partial charge < -0.3 is 10.3 Å². The first kappa shape index (κ1) is 9.66. The van der Waals surface area contributed by atoms with E-state index in [1.54, 1.807) is 13.0 Å². The van der Waals surface area contributed by atoms with Crippen molar-refractivity contribution in [2.24, 2.45) is 0 Å². The van der Waals surface area contributed by atoms with Gasteiger partial charge >= 0.3 is 5.00 Å². The highest BCUT2D eigenvalue weighted by molar-refractivity contribution is 7.18. The molecule has 0 radical (unpaired) electrons. The Morgan fingerprint density at radius 2 is 2.33 bits per heavy atom. The number of hydrogen-bond acceptors (Lipinski definition) is 6. The van der Waals surface area contributed by atoms with E-state index in [9.17, 15) is 10.1 Å². The summed E-state index contributed by atoms with van der Waals surface area (Å²) in [6, 6.07) is 3.05. The van der Waals surface area contributed by atoms with Crippen LogP contribution < -0.4 is 5.73 Å². The molecule has 7 heteroatoms. The van der Waals surface area contributed by atoms with Crippen LogP contribution in [0.25, 0.3) is 10.6 Å². The largest absolute Gasteiger partial charge is 0.381 e. The van der Waals surface area contributed by atoms with Gasteiger partial charge in [-0.05, 0) is 13.0 Å². The lowest BCUT2D eigenvalue weighted by atomic mass is 10.2. The summed E-state index contributed by atoms with van der Waals surface area (Å²) in [4.78, 5) is 10.7. The quantitative estimate of drug-likeness (QED) is 0.624. The molecule has 0 atom stereocenters. The first-order valence-corrected chi connectivity index (χ1v) is 4.87. The highest BCUT2D eigenvalue weighted by atomic mass is 32.1. The van der Waals surface area contributed by atoms with Gasteiger partial charge in [-0.1, -0.05) is 16.5 Å². The number of hydrogen-bond donors (Lipinski definition) is 1. The van der Waals surface area contributed by atoms with Gasteiger partial charge in [-0.3, -0.25) is 10.1 Å². The molecule has 0 amide bonds. The molecule has 0 bridgehead atoms. The average molecular weight is 225 g/mol. The van der Waals surface area contributed by atoms with E-state index in [0.717, 1.165) is 11.3 Å². The highest BCUT2D eigenvalue weighted by Gasteiger charge is 2.17. The molecule has 2 aromatic heterocycles.